The Balaban J connectivity index is 1.69. The summed E-state index contributed by atoms with van der Waals surface area (Å²) in [7, 11) is 1.64. The van der Waals surface area contributed by atoms with Crippen molar-refractivity contribution in [3.8, 4) is 11.6 Å². The van der Waals surface area contributed by atoms with Gasteiger partial charge in [-0.15, -0.1) is 11.3 Å². The first-order valence-corrected chi connectivity index (χ1v) is 9.29. The van der Waals surface area contributed by atoms with Crippen LogP contribution in [0.25, 0.3) is 11.6 Å². The first kappa shape index (κ1) is 16.8. The van der Waals surface area contributed by atoms with Crippen LogP contribution >= 0.6 is 23.6 Å². The third kappa shape index (κ3) is 3.09. The zero-order valence-electron chi connectivity index (χ0n) is 14.0. The summed E-state index contributed by atoms with van der Waals surface area (Å²) in [5.74, 6) is 0.960. The van der Waals surface area contributed by atoms with Gasteiger partial charge in [0.15, 0.2) is 3.95 Å². The normalized spacial score (nSPS) is 14.0. The molecule has 0 bridgehead atoms. The molecule has 130 valence electrons. The van der Waals surface area contributed by atoms with Gasteiger partial charge in [0.05, 0.1) is 24.2 Å². The van der Waals surface area contributed by atoms with Gasteiger partial charge in [-0.1, -0.05) is 30.3 Å². The standard InChI is InChI=1S/C20H16N2O2S2/c1-24-15-7-8-16-14(11-21-17(16)10-15)9-18-19(23)22(20(25)26-18)12-13-5-3-2-4-6-13/h2-11,23H,12H2,1H3/b14-9-. The number of benzene rings is 2. The molecule has 0 atom stereocenters. The number of thiazole rings is 1. The molecule has 26 heavy (non-hydrogen) atoms. The zero-order chi connectivity index (χ0) is 18.1. The Bertz CT molecular complexity index is 1080. The second-order valence-electron chi connectivity index (χ2n) is 5.87. The second kappa shape index (κ2) is 6.90. The molecule has 0 unspecified atom stereocenters. The van der Waals surface area contributed by atoms with Crippen LogP contribution in [0, 0.1) is 3.95 Å². The smallest absolute Gasteiger partial charge is 0.210 e. The van der Waals surface area contributed by atoms with Gasteiger partial charge in [-0.25, -0.2) is 0 Å². The van der Waals surface area contributed by atoms with Crippen LogP contribution in [0.1, 0.15) is 16.0 Å². The van der Waals surface area contributed by atoms with Crippen molar-refractivity contribution in [3.05, 3.63) is 68.5 Å². The van der Waals surface area contributed by atoms with E-state index in [2.05, 4.69) is 4.99 Å². The highest BCUT2D eigenvalue weighted by molar-refractivity contribution is 7.73. The van der Waals surface area contributed by atoms with Gasteiger partial charge in [0.2, 0.25) is 5.88 Å². The van der Waals surface area contributed by atoms with Crippen LogP contribution < -0.4 is 4.74 Å². The van der Waals surface area contributed by atoms with Crippen molar-refractivity contribution < 1.29 is 9.84 Å². The van der Waals surface area contributed by atoms with E-state index in [0.717, 1.165) is 33.0 Å². The minimum absolute atomic E-state index is 0.187. The summed E-state index contributed by atoms with van der Waals surface area (Å²) in [6.45, 7) is 0.549. The van der Waals surface area contributed by atoms with Crippen LogP contribution in [0.2, 0.25) is 0 Å². The lowest BCUT2D eigenvalue weighted by Gasteiger charge is -2.05. The van der Waals surface area contributed by atoms with Gasteiger partial charge in [0, 0.05) is 23.4 Å². The monoisotopic (exact) mass is 380 g/mol. The molecular weight excluding hydrogens is 364 g/mol. The first-order chi connectivity index (χ1) is 12.7. The Labute approximate surface area is 160 Å². The molecule has 2 aromatic carbocycles. The number of fused-ring (bicyclic) bond motifs is 1. The molecule has 2 heterocycles. The number of allylic oxidation sites excluding steroid dienone is 1. The molecule has 0 aliphatic carbocycles. The van der Waals surface area contributed by atoms with Gasteiger partial charge in [0.1, 0.15) is 5.75 Å². The molecule has 4 rings (SSSR count). The highest BCUT2D eigenvalue weighted by atomic mass is 32.1. The van der Waals surface area contributed by atoms with Crippen LogP contribution in [0.15, 0.2) is 53.5 Å². The lowest BCUT2D eigenvalue weighted by Crippen LogP contribution is -1.98. The number of hydrogen-bond donors (Lipinski definition) is 1. The Kier molecular flexibility index (Phi) is 4.44. The summed E-state index contributed by atoms with van der Waals surface area (Å²) >= 11 is 6.85. The third-order valence-electron chi connectivity index (χ3n) is 4.22. The van der Waals surface area contributed by atoms with Crippen LogP contribution in [-0.2, 0) is 6.54 Å². The van der Waals surface area contributed by atoms with Crippen molar-refractivity contribution >= 4 is 47.1 Å². The van der Waals surface area contributed by atoms with Crippen molar-refractivity contribution in [3.63, 3.8) is 0 Å². The number of nitrogens with zero attached hydrogens (tertiary/aromatic N) is 2. The highest BCUT2D eigenvalue weighted by Crippen LogP contribution is 2.37. The number of aliphatic imine (C=N–C) groups is 1. The van der Waals surface area contributed by atoms with E-state index in [1.54, 1.807) is 17.9 Å². The summed E-state index contributed by atoms with van der Waals surface area (Å²) in [6, 6.07) is 15.7. The van der Waals surface area contributed by atoms with Crippen molar-refractivity contribution in [1.82, 2.24) is 4.57 Å². The minimum atomic E-state index is 0.187. The van der Waals surface area contributed by atoms with Gasteiger partial charge >= 0.3 is 0 Å². The van der Waals surface area contributed by atoms with Gasteiger partial charge in [-0.3, -0.25) is 9.56 Å². The fourth-order valence-corrected chi connectivity index (χ4v) is 4.13. The van der Waals surface area contributed by atoms with Crippen molar-refractivity contribution in [1.29, 1.82) is 0 Å². The van der Waals surface area contributed by atoms with Crippen LogP contribution in [-0.4, -0.2) is 23.0 Å². The van der Waals surface area contributed by atoms with E-state index in [1.807, 2.05) is 54.6 Å². The number of aromatic nitrogens is 1. The molecule has 6 heteroatoms. The average Bonchev–Trinajstić information content (AvgIpc) is 3.18. The van der Waals surface area contributed by atoms with Crippen molar-refractivity contribution in [2.45, 2.75) is 6.54 Å². The summed E-state index contributed by atoms with van der Waals surface area (Å²) in [5.41, 5.74) is 3.92. The molecular formula is C20H16N2O2S2. The Morgan fingerprint density at radius 3 is 2.81 bits per heavy atom. The van der Waals surface area contributed by atoms with Crippen LogP contribution in [0.3, 0.4) is 0 Å². The van der Waals surface area contributed by atoms with Crippen LogP contribution in [0.5, 0.6) is 11.6 Å². The molecule has 1 aliphatic heterocycles. The molecule has 0 saturated heterocycles. The topological polar surface area (TPSA) is 46.8 Å². The molecule has 0 amide bonds. The van der Waals surface area contributed by atoms with Gasteiger partial charge in [-0.2, -0.15) is 0 Å². The lowest BCUT2D eigenvalue weighted by atomic mass is 10.1. The maximum Gasteiger partial charge on any atom is 0.210 e. The maximum atomic E-state index is 10.7. The van der Waals surface area contributed by atoms with E-state index in [-0.39, 0.29) is 5.88 Å². The van der Waals surface area contributed by atoms with E-state index < -0.39 is 0 Å². The third-order valence-corrected chi connectivity index (χ3v) is 5.61. The van der Waals surface area contributed by atoms with E-state index >= 15 is 0 Å². The Hall–Kier alpha value is -2.70. The fraction of sp³-hybridized carbons (Fsp3) is 0.100. The summed E-state index contributed by atoms with van der Waals surface area (Å²) < 4.78 is 7.63. The molecule has 0 saturated carbocycles. The lowest BCUT2D eigenvalue weighted by molar-refractivity contribution is 0.415. The Morgan fingerprint density at radius 2 is 2.04 bits per heavy atom. The van der Waals surface area contributed by atoms with E-state index in [1.165, 1.54) is 11.3 Å². The maximum absolute atomic E-state index is 10.7. The molecule has 1 aliphatic rings. The number of hydrogen-bond acceptors (Lipinski definition) is 5. The minimum Gasteiger partial charge on any atom is -0.497 e. The quantitative estimate of drug-likeness (QED) is 0.625. The molecule has 3 aromatic rings. The second-order valence-corrected chi connectivity index (χ2v) is 7.54. The Morgan fingerprint density at radius 1 is 1.23 bits per heavy atom. The molecule has 0 spiro atoms. The number of ether oxygens (including phenoxy) is 1. The molecule has 0 radical (unpaired) electrons. The molecule has 1 N–H and O–H groups in total. The SMILES string of the molecule is COc1ccc2c(c1)N=C/C2=C/c1sc(=S)n(Cc2ccccc2)c1O. The van der Waals surface area contributed by atoms with E-state index in [9.17, 15) is 5.11 Å². The van der Waals surface area contributed by atoms with Crippen LogP contribution in [0.4, 0.5) is 5.69 Å². The first-order valence-electron chi connectivity index (χ1n) is 8.06. The fourth-order valence-electron chi connectivity index (χ4n) is 2.87. The van der Waals surface area contributed by atoms with Gasteiger partial charge < -0.3 is 9.84 Å². The average molecular weight is 380 g/mol. The number of methoxy groups -OCH3 is 1. The molecule has 4 nitrogen and oxygen atoms in total. The largest absolute Gasteiger partial charge is 0.497 e. The summed E-state index contributed by atoms with van der Waals surface area (Å²) in [4.78, 5) is 5.16. The van der Waals surface area contributed by atoms with E-state index in [4.69, 9.17) is 17.0 Å². The van der Waals surface area contributed by atoms with E-state index in [0.29, 0.717) is 10.5 Å². The molecule has 1 aromatic heterocycles. The van der Waals surface area contributed by atoms with Gasteiger partial charge in [0.25, 0.3) is 0 Å². The van der Waals surface area contributed by atoms with Gasteiger partial charge in [-0.05, 0) is 36.0 Å². The predicted molar refractivity (Wildman–Crippen MR) is 109 cm³/mol. The van der Waals surface area contributed by atoms with Crippen molar-refractivity contribution in [2.24, 2.45) is 4.99 Å². The number of rotatable bonds is 4. The molecule has 0 fully saturated rings. The highest BCUT2D eigenvalue weighted by Gasteiger charge is 2.16. The summed E-state index contributed by atoms with van der Waals surface area (Å²) in [6.07, 6.45) is 3.73. The van der Waals surface area contributed by atoms with Crippen molar-refractivity contribution in [2.75, 3.05) is 7.11 Å². The number of aromatic hydroxyl groups is 1. The zero-order valence-corrected chi connectivity index (χ0v) is 15.7. The summed E-state index contributed by atoms with van der Waals surface area (Å²) in [5, 5.41) is 10.7. The predicted octanol–water partition coefficient (Wildman–Crippen LogP) is 5.30.